The van der Waals surface area contributed by atoms with Crippen molar-refractivity contribution >= 4 is 57.0 Å². The molecule has 0 saturated heterocycles. The van der Waals surface area contributed by atoms with E-state index in [1.54, 1.807) is 18.5 Å². The van der Waals surface area contributed by atoms with Gasteiger partial charge in [0, 0.05) is 37.3 Å². The predicted octanol–water partition coefficient (Wildman–Crippen LogP) is 6.10. The number of benzene rings is 1. The molecule has 0 radical (unpaired) electrons. The van der Waals surface area contributed by atoms with Crippen LogP contribution in [-0.2, 0) is 11.2 Å². The minimum atomic E-state index is 0.215. The number of nitrogens with one attached hydrogen (secondary N) is 2. The second kappa shape index (κ2) is 11.3. The molecule has 2 saturated carbocycles. The third-order valence-corrected chi connectivity index (χ3v) is 8.87. The Hall–Kier alpha value is -2.90. The number of unbranched alkanes of at least 4 members (excludes halogenated alkanes) is 1. The number of allylic oxidation sites excluding steroid dienone is 1. The number of H-pyrrole nitrogens is 1. The van der Waals surface area contributed by atoms with Crippen LogP contribution in [0.4, 0.5) is 5.82 Å². The number of nitrogens with zero attached hydrogens (tertiary/aromatic N) is 5. The van der Waals surface area contributed by atoms with Crippen molar-refractivity contribution in [3.8, 4) is 0 Å². The van der Waals surface area contributed by atoms with Gasteiger partial charge in [0.15, 0.2) is 0 Å². The Kier molecular flexibility index (Phi) is 7.63. The highest BCUT2D eigenvalue weighted by Crippen LogP contribution is 2.42. The fourth-order valence-electron chi connectivity index (χ4n) is 6.00. The molecule has 0 bridgehead atoms. The quantitative estimate of drug-likeness (QED) is 0.169. The standard InChI is InChI=1S/C29H33Cl2N7O/c1-37(9-3-2-4-27-35-25-14-23(30)24(31)15-26(25)36-27)16-19-13-21(12-18(19)8-11-39)38-10-7-22-28(34-20-5-6-20)32-17-33-29(22)38/h7-8,10,14-15,17-21H,2-6,9,12-13,16H2,1H3,(H,35,36)(H,32,33,34). The Morgan fingerprint density at radius 1 is 1.21 bits per heavy atom. The first-order valence-corrected chi connectivity index (χ1v) is 14.6. The third kappa shape index (κ3) is 5.85. The van der Waals surface area contributed by atoms with Gasteiger partial charge in [0.1, 0.15) is 29.6 Å². The maximum Gasteiger partial charge on any atom is 0.145 e. The molecule has 0 amide bonds. The number of carbonyl (C=O) groups excluding carboxylic acids is 1. The van der Waals surface area contributed by atoms with Crippen LogP contribution in [0.3, 0.4) is 0 Å². The molecule has 0 spiro atoms. The molecular formula is C29H33Cl2N7O. The number of rotatable bonds is 11. The summed E-state index contributed by atoms with van der Waals surface area (Å²) in [5.41, 5.74) is 2.73. The van der Waals surface area contributed by atoms with Crippen LogP contribution >= 0.6 is 23.2 Å². The first kappa shape index (κ1) is 26.3. The summed E-state index contributed by atoms with van der Waals surface area (Å²) < 4.78 is 2.29. The molecule has 3 aromatic heterocycles. The molecule has 3 unspecified atom stereocenters. The van der Waals surface area contributed by atoms with E-state index in [1.165, 1.54) is 12.8 Å². The number of anilines is 1. The summed E-state index contributed by atoms with van der Waals surface area (Å²) >= 11 is 12.3. The largest absolute Gasteiger partial charge is 0.367 e. The van der Waals surface area contributed by atoms with Gasteiger partial charge < -0.3 is 19.8 Å². The Balaban J connectivity index is 1.04. The van der Waals surface area contributed by atoms with Gasteiger partial charge in [0.05, 0.1) is 26.5 Å². The molecular weight excluding hydrogens is 533 g/mol. The van der Waals surface area contributed by atoms with Crippen LogP contribution in [0.5, 0.6) is 0 Å². The summed E-state index contributed by atoms with van der Waals surface area (Å²) in [6, 6.07) is 6.59. The zero-order chi connectivity index (χ0) is 26.9. The van der Waals surface area contributed by atoms with Gasteiger partial charge in [-0.3, -0.25) is 0 Å². The molecule has 6 rings (SSSR count). The fraction of sp³-hybridized carbons (Fsp3) is 0.483. The average molecular weight is 567 g/mol. The summed E-state index contributed by atoms with van der Waals surface area (Å²) in [6.07, 6.45) is 12.8. The topological polar surface area (TPSA) is 91.7 Å². The van der Waals surface area contributed by atoms with E-state index in [2.05, 4.69) is 60.0 Å². The van der Waals surface area contributed by atoms with Crippen molar-refractivity contribution in [3.63, 3.8) is 0 Å². The monoisotopic (exact) mass is 565 g/mol. The zero-order valence-electron chi connectivity index (χ0n) is 22.0. The predicted molar refractivity (Wildman–Crippen MR) is 156 cm³/mol. The maximum atomic E-state index is 11.3. The SMILES string of the molecule is CN(CCCCc1nc2cc(Cl)c(Cl)cc2[nH]1)CC1CC(n2ccc3c(NC4CC4)ncnc32)CC1C=C=O. The molecule has 8 nitrogen and oxygen atoms in total. The zero-order valence-corrected chi connectivity index (χ0v) is 23.5. The number of halogens is 2. The van der Waals surface area contributed by atoms with E-state index in [0.717, 1.165) is 78.9 Å². The van der Waals surface area contributed by atoms with Crippen molar-refractivity contribution in [2.45, 2.75) is 57.0 Å². The Morgan fingerprint density at radius 2 is 2.05 bits per heavy atom. The van der Waals surface area contributed by atoms with E-state index in [0.29, 0.717) is 28.0 Å². The van der Waals surface area contributed by atoms with Crippen LogP contribution in [0.2, 0.25) is 10.0 Å². The van der Waals surface area contributed by atoms with Gasteiger partial charge in [-0.25, -0.2) is 19.7 Å². The van der Waals surface area contributed by atoms with Gasteiger partial charge in [-0.05, 0) is 82.2 Å². The summed E-state index contributed by atoms with van der Waals surface area (Å²) in [5.74, 6) is 4.57. The molecule has 10 heteroatoms. The minimum absolute atomic E-state index is 0.215. The highest BCUT2D eigenvalue weighted by atomic mass is 35.5. The number of aromatic nitrogens is 5. The van der Waals surface area contributed by atoms with Gasteiger partial charge >= 0.3 is 0 Å². The molecule has 3 atom stereocenters. The van der Waals surface area contributed by atoms with Crippen molar-refractivity contribution < 1.29 is 4.79 Å². The molecule has 2 fully saturated rings. The van der Waals surface area contributed by atoms with Gasteiger partial charge in [-0.1, -0.05) is 23.2 Å². The number of fused-ring (bicyclic) bond motifs is 2. The first-order valence-electron chi connectivity index (χ1n) is 13.8. The van der Waals surface area contributed by atoms with E-state index >= 15 is 0 Å². The molecule has 2 aliphatic rings. The lowest BCUT2D eigenvalue weighted by Crippen LogP contribution is -2.28. The number of aromatic amines is 1. The van der Waals surface area contributed by atoms with Crippen molar-refractivity contribution in [1.29, 1.82) is 0 Å². The summed E-state index contributed by atoms with van der Waals surface area (Å²) in [5, 5.41) is 5.66. The molecule has 2 aliphatic carbocycles. The number of aryl methyl sites for hydroxylation is 1. The van der Waals surface area contributed by atoms with Gasteiger partial charge in [0.2, 0.25) is 0 Å². The lowest BCUT2D eigenvalue weighted by molar-refractivity contribution is 0.252. The molecule has 1 aromatic carbocycles. The first-order chi connectivity index (χ1) is 19.0. The summed E-state index contributed by atoms with van der Waals surface area (Å²) in [6.45, 7) is 1.94. The second-order valence-corrected chi connectivity index (χ2v) is 11.9. The Bertz CT molecular complexity index is 1480. The Morgan fingerprint density at radius 3 is 2.87 bits per heavy atom. The number of hydrogen-bond donors (Lipinski definition) is 2. The minimum Gasteiger partial charge on any atom is -0.367 e. The highest BCUT2D eigenvalue weighted by molar-refractivity contribution is 6.42. The average Bonchev–Trinajstić information content (AvgIpc) is 3.29. The molecule has 0 aliphatic heterocycles. The summed E-state index contributed by atoms with van der Waals surface area (Å²) in [4.78, 5) is 30.8. The fourth-order valence-corrected chi connectivity index (χ4v) is 6.32. The molecule has 3 heterocycles. The van der Waals surface area contributed by atoms with Crippen molar-refractivity contribution in [2.24, 2.45) is 11.8 Å². The van der Waals surface area contributed by atoms with Crippen LogP contribution in [0, 0.1) is 11.8 Å². The van der Waals surface area contributed by atoms with E-state index in [-0.39, 0.29) is 5.92 Å². The van der Waals surface area contributed by atoms with Crippen molar-refractivity contribution in [2.75, 3.05) is 25.5 Å². The smallest absolute Gasteiger partial charge is 0.145 e. The highest BCUT2D eigenvalue weighted by Gasteiger charge is 2.35. The van der Waals surface area contributed by atoms with Gasteiger partial charge in [-0.2, -0.15) is 0 Å². The number of imidazole rings is 1. The normalized spacial score (nSPS) is 21.2. The maximum absolute atomic E-state index is 11.3. The van der Waals surface area contributed by atoms with Crippen molar-refractivity contribution in [1.82, 2.24) is 29.4 Å². The lowest BCUT2D eigenvalue weighted by Gasteiger charge is -2.23. The van der Waals surface area contributed by atoms with Crippen LogP contribution in [0.25, 0.3) is 22.1 Å². The molecule has 39 heavy (non-hydrogen) atoms. The van der Waals surface area contributed by atoms with Crippen LogP contribution < -0.4 is 5.32 Å². The van der Waals surface area contributed by atoms with E-state index < -0.39 is 0 Å². The van der Waals surface area contributed by atoms with E-state index in [9.17, 15) is 4.79 Å². The van der Waals surface area contributed by atoms with Gasteiger partial charge in [0.25, 0.3) is 0 Å². The van der Waals surface area contributed by atoms with Gasteiger partial charge in [-0.15, -0.1) is 0 Å². The molecule has 4 aromatic rings. The Labute approximate surface area is 237 Å². The van der Waals surface area contributed by atoms with Crippen LogP contribution in [0.1, 0.15) is 50.4 Å². The molecule has 204 valence electrons. The second-order valence-electron chi connectivity index (χ2n) is 11.1. The molecule has 2 N–H and O–H groups in total. The third-order valence-electron chi connectivity index (χ3n) is 8.15. The van der Waals surface area contributed by atoms with Crippen LogP contribution in [0.15, 0.2) is 36.8 Å². The number of hydrogen-bond acceptors (Lipinski definition) is 6. The van der Waals surface area contributed by atoms with Crippen LogP contribution in [-0.4, -0.2) is 61.5 Å². The van der Waals surface area contributed by atoms with Crippen molar-refractivity contribution in [3.05, 3.63) is 52.7 Å². The summed E-state index contributed by atoms with van der Waals surface area (Å²) in [7, 11) is 2.17. The van der Waals surface area contributed by atoms with E-state index in [1.807, 2.05) is 6.07 Å². The lowest BCUT2D eigenvalue weighted by atomic mass is 9.95. The van der Waals surface area contributed by atoms with E-state index in [4.69, 9.17) is 23.2 Å².